The summed E-state index contributed by atoms with van der Waals surface area (Å²) in [5.74, 6) is 0. The summed E-state index contributed by atoms with van der Waals surface area (Å²) < 4.78 is 7.01. The molecule has 0 bridgehead atoms. The second kappa shape index (κ2) is 7.73. The molecule has 120 valence electrons. The van der Waals surface area contributed by atoms with Crippen LogP contribution in [-0.2, 0) is 4.12 Å². The number of hydrogen-bond donors (Lipinski definition) is 0. The lowest BCUT2D eigenvalue weighted by atomic mass is 10.4. The molecule has 0 amide bonds. The predicted molar refractivity (Wildman–Crippen MR) is 106 cm³/mol. The minimum absolute atomic E-state index is 0.920. The number of rotatable bonds is 8. The average molecular weight is 339 g/mol. The van der Waals surface area contributed by atoms with E-state index in [1.807, 2.05) is 12.2 Å². The van der Waals surface area contributed by atoms with Crippen LogP contribution in [0.3, 0.4) is 0 Å². The Labute approximate surface area is 142 Å². The molecular weight excluding hydrogens is 312 g/mol. The van der Waals surface area contributed by atoms with Gasteiger partial charge in [-0.1, -0.05) is 72.8 Å². The monoisotopic (exact) mass is 338 g/mol. The molecule has 0 heterocycles. The van der Waals surface area contributed by atoms with Gasteiger partial charge in [0, 0.05) is 0 Å². The third-order valence-corrected chi connectivity index (χ3v) is 13.1. The molecule has 0 N–H and O–H groups in total. The van der Waals surface area contributed by atoms with Gasteiger partial charge in [-0.25, -0.2) is 0 Å². The summed E-state index contributed by atoms with van der Waals surface area (Å²) >= 11 is 0. The molecule has 0 saturated heterocycles. The summed E-state index contributed by atoms with van der Waals surface area (Å²) in [5.41, 5.74) is 0. The van der Waals surface area contributed by atoms with E-state index in [2.05, 4.69) is 86.9 Å². The highest BCUT2D eigenvalue weighted by molar-refractivity contribution is 6.98. The van der Waals surface area contributed by atoms with Crippen molar-refractivity contribution in [2.75, 3.05) is 0 Å². The molecule has 2 rings (SSSR count). The standard InChI is InChI=1S/C20H26OSi2/c1-5-17-22(3,19-13-9-7-10-14-19)21-23(4,18-6-2)20-15-11-8-12-16-20/h5-16H,1-2,17-18H2,3-4H3. The van der Waals surface area contributed by atoms with E-state index >= 15 is 0 Å². The van der Waals surface area contributed by atoms with Crippen molar-refractivity contribution in [2.24, 2.45) is 0 Å². The molecule has 0 radical (unpaired) electrons. The van der Waals surface area contributed by atoms with Crippen molar-refractivity contribution in [1.82, 2.24) is 0 Å². The lowest BCUT2D eigenvalue weighted by molar-refractivity contribution is 0.562. The van der Waals surface area contributed by atoms with Gasteiger partial charge in [-0.15, -0.1) is 13.2 Å². The Morgan fingerprint density at radius 3 is 1.39 bits per heavy atom. The first kappa shape index (κ1) is 17.7. The number of allylic oxidation sites excluding steroid dienone is 2. The van der Waals surface area contributed by atoms with E-state index in [1.54, 1.807) is 0 Å². The summed E-state index contributed by atoms with van der Waals surface area (Å²) in [6, 6.07) is 23.1. The van der Waals surface area contributed by atoms with Crippen LogP contribution in [0.2, 0.25) is 25.2 Å². The van der Waals surface area contributed by atoms with Crippen molar-refractivity contribution >= 4 is 27.0 Å². The Morgan fingerprint density at radius 1 is 0.739 bits per heavy atom. The second-order valence-electron chi connectivity index (χ2n) is 6.28. The van der Waals surface area contributed by atoms with Gasteiger partial charge >= 0.3 is 0 Å². The summed E-state index contributed by atoms with van der Waals surface area (Å²) in [7, 11) is -4.17. The molecule has 0 saturated carbocycles. The van der Waals surface area contributed by atoms with E-state index in [-0.39, 0.29) is 0 Å². The van der Waals surface area contributed by atoms with Gasteiger partial charge in [-0.05, 0) is 35.6 Å². The highest BCUT2D eigenvalue weighted by Gasteiger charge is 2.40. The molecule has 23 heavy (non-hydrogen) atoms. The lowest BCUT2D eigenvalue weighted by Gasteiger charge is -2.38. The van der Waals surface area contributed by atoms with E-state index in [4.69, 9.17) is 4.12 Å². The topological polar surface area (TPSA) is 9.23 Å². The maximum Gasteiger partial charge on any atom is 0.213 e. The SMILES string of the molecule is C=CC[Si](C)(O[Si](C)(CC=C)c1ccccc1)c1ccccc1. The third-order valence-electron chi connectivity index (χ3n) is 4.29. The fourth-order valence-electron chi connectivity index (χ4n) is 3.07. The van der Waals surface area contributed by atoms with Crippen LogP contribution in [0.1, 0.15) is 0 Å². The molecule has 0 aliphatic heterocycles. The maximum atomic E-state index is 7.01. The van der Waals surface area contributed by atoms with Gasteiger partial charge in [-0.2, -0.15) is 0 Å². The Morgan fingerprint density at radius 2 is 1.09 bits per heavy atom. The molecule has 0 aromatic heterocycles. The van der Waals surface area contributed by atoms with Crippen molar-refractivity contribution in [3.63, 3.8) is 0 Å². The van der Waals surface area contributed by atoms with Crippen molar-refractivity contribution in [1.29, 1.82) is 0 Å². The molecule has 3 heteroatoms. The molecular formula is C20H26OSi2. The Kier molecular flexibility index (Phi) is 5.94. The van der Waals surface area contributed by atoms with Gasteiger partial charge in [0.25, 0.3) is 0 Å². The van der Waals surface area contributed by atoms with Crippen LogP contribution in [0.4, 0.5) is 0 Å². The molecule has 2 unspecified atom stereocenters. The number of benzene rings is 2. The molecule has 0 aliphatic rings. The third kappa shape index (κ3) is 4.19. The first-order valence-electron chi connectivity index (χ1n) is 8.07. The zero-order valence-corrected chi connectivity index (χ0v) is 16.2. The fraction of sp³-hybridized carbons (Fsp3) is 0.200. The normalized spacial score (nSPS) is 16.1. The van der Waals surface area contributed by atoms with Gasteiger partial charge in [0.05, 0.1) is 0 Å². The van der Waals surface area contributed by atoms with Gasteiger partial charge in [0.2, 0.25) is 16.6 Å². The quantitative estimate of drug-likeness (QED) is 0.514. The molecule has 2 atom stereocenters. The highest BCUT2D eigenvalue weighted by atomic mass is 28.4. The van der Waals surface area contributed by atoms with Crippen molar-refractivity contribution in [3.8, 4) is 0 Å². The van der Waals surface area contributed by atoms with E-state index in [1.165, 1.54) is 10.4 Å². The summed E-state index contributed by atoms with van der Waals surface area (Å²) in [4.78, 5) is 0. The van der Waals surface area contributed by atoms with Crippen LogP contribution in [0.25, 0.3) is 0 Å². The van der Waals surface area contributed by atoms with Gasteiger partial charge in [-0.3, -0.25) is 0 Å². The summed E-state index contributed by atoms with van der Waals surface area (Å²) in [6.07, 6.45) is 4.01. The number of hydrogen-bond acceptors (Lipinski definition) is 1. The Bertz CT molecular complexity index is 584. The van der Waals surface area contributed by atoms with Crippen LogP contribution in [0, 0.1) is 0 Å². The molecule has 0 spiro atoms. The van der Waals surface area contributed by atoms with Crippen LogP contribution in [0.15, 0.2) is 86.0 Å². The zero-order valence-electron chi connectivity index (χ0n) is 14.2. The predicted octanol–water partition coefficient (Wildman–Crippen LogP) is 4.34. The van der Waals surface area contributed by atoms with E-state index in [0.717, 1.165) is 12.1 Å². The van der Waals surface area contributed by atoms with Gasteiger partial charge in [0.15, 0.2) is 0 Å². The van der Waals surface area contributed by atoms with Crippen LogP contribution in [0.5, 0.6) is 0 Å². The smallest absolute Gasteiger partial charge is 0.213 e. The summed E-state index contributed by atoms with van der Waals surface area (Å²) in [6.45, 7) is 12.6. The van der Waals surface area contributed by atoms with Gasteiger partial charge < -0.3 is 4.12 Å². The largest absolute Gasteiger partial charge is 0.448 e. The van der Waals surface area contributed by atoms with E-state index in [0.29, 0.717) is 0 Å². The molecule has 0 fully saturated rings. The lowest BCUT2D eigenvalue weighted by Crippen LogP contribution is -2.60. The van der Waals surface area contributed by atoms with Gasteiger partial charge in [0.1, 0.15) is 0 Å². The van der Waals surface area contributed by atoms with Crippen LogP contribution in [-0.4, -0.2) is 16.6 Å². The molecule has 2 aromatic carbocycles. The van der Waals surface area contributed by atoms with Crippen LogP contribution < -0.4 is 10.4 Å². The molecule has 1 nitrogen and oxygen atoms in total. The van der Waals surface area contributed by atoms with Crippen molar-refractivity contribution in [3.05, 3.63) is 86.0 Å². The molecule has 2 aromatic rings. The Hall–Kier alpha value is -1.69. The zero-order chi connectivity index (χ0) is 16.8. The average Bonchev–Trinajstić information content (AvgIpc) is 2.57. The summed E-state index contributed by atoms with van der Waals surface area (Å²) in [5, 5.41) is 2.66. The highest BCUT2D eigenvalue weighted by Crippen LogP contribution is 2.22. The van der Waals surface area contributed by atoms with Crippen LogP contribution >= 0.6 is 0 Å². The minimum atomic E-state index is -2.09. The minimum Gasteiger partial charge on any atom is -0.448 e. The second-order valence-corrected chi connectivity index (χ2v) is 14.0. The van der Waals surface area contributed by atoms with E-state index < -0.39 is 16.6 Å². The molecule has 0 aliphatic carbocycles. The maximum absolute atomic E-state index is 7.01. The first-order valence-corrected chi connectivity index (χ1v) is 13.3. The Balaban J connectivity index is 2.43. The fourth-order valence-corrected chi connectivity index (χ4v) is 12.0. The van der Waals surface area contributed by atoms with Crippen molar-refractivity contribution in [2.45, 2.75) is 25.2 Å². The van der Waals surface area contributed by atoms with Crippen molar-refractivity contribution < 1.29 is 4.12 Å². The first-order chi connectivity index (χ1) is 11.0. The van der Waals surface area contributed by atoms with E-state index in [9.17, 15) is 0 Å².